The first-order chi connectivity index (χ1) is 8.76. The van der Waals surface area contributed by atoms with Crippen molar-refractivity contribution in [2.75, 3.05) is 11.9 Å². The maximum Gasteiger partial charge on any atom is 0.231 e. The van der Waals surface area contributed by atoms with Crippen molar-refractivity contribution in [3.8, 4) is 5.75 Å². The van der Waals surface area contributed by atoms with Crippen LogP contribution in [-0.2, 0) is 4.79 Å². The molecule has 4 nitrogen and oxygen atoms in total. The fourth-order valence-corrected chi connectivity index (χ4v) is 1.55. The van der Waals surface area contributed by atoms with Gasteiger partial charge in [0, 0.05) is 12.2 Å². The zero-order valence-electron chi connectivity index (χ0n) is 11.8. The number of rotatable bonds is 5. The first-order valence-corrected chi connectivity index (χ1v) is 6.62. The van der Waals surface area contributed by atoms with Crippen LogP contribution >= 0.6 is 11.6 Å². The van der Waals surface area contributed by atoms with Crippen LogP contribution in [0.3, 0.4) is 0 Å². The third-order valence-corrected chi connectivity index (χ3v) is 2.97. The number of carbonyl (C=O) groups excluding carboxylic acids is 1. The van der Waals surface area contributed by atoms with Crippen molar-refractivity contribution >= 4 is 23.2 Å². The van der Waals surface area contributed by atoms with Gasteiger partial charge >= 0.3 is 0 Å². The molecule has 0 saturated heterocycles. The van der Waals surface area contributed by atoms with Gasteiger partial charge < -0.3 is 15.8 Å². The zero-order valence-corrected chi connectivity index (χ0v) is 12.5. The highest BCUT2D eigenvalue weighted by molar-refractivity contribution is 6.32. The number of nitrogens with two attached hydrogens (primary N) is 1. The highest BCUT2D eigenvalue weighted by Crippen LogP contribution is 2.29. The van der Waals surface area contributed by atoms with E-state index in [-0.39, 0.29) is 18.6 Å². The Morgan fingerprint density at radius 3 is 2.58 bits per heavy atom. The number of benzene rings is 1. The molecule has 0 spiro atoms. The van der Waals surface area contributed by atoms with Gasteiger partial charge in [-0.3, -0.25) is 4.79 Å². The molecular formula is C14H21ClN2O2. The maximum atomic E-state index is 12.0. The molecule has 0 aliphatic rings. The largest absolute Gasteiger partial charge is 0.489 e. The average molecular weight is 285 g/mol. The Morgan fingerprint density at radius 2 is 2.11 bits per heavy atom. The number of hydrogen-bond donors (Lipinski definition) is 2. The molecule has 0 aliphatic carbocycles. The molecule has 0 fully saturated rings. The van der Waals surface area contributed by atoms with Gasteiger partial charge in [-0.1, -0.05) is 11.6 Å². The molecule has 0 radical (unpaired) electrons. The van der Waals surface area contributed by atoms with E-state index in [4.69, 9.17) is 22.1 Å². The van der Waals surface area contributed by atoms with Crippen molar-refractivity contribution in [3.63, 3.8) is 0 Å². The second-order valence-corrected chi connectivity index (χ2v) is 5.76. The number of ether oxygens (including phenoxy) is 1. The van der Waals surface area contributed by atoms with Crippen molar-refractivity contribution < 1.29 is 9.53 Å². The van der Waals surface area contributed by atoms with E-state index in [1.165, 1.54) is 0 Å². The van der Waals surface area contributed by atoms with E-state index in [1.54, 1.807) is 32.0 Å². The summed E-state index contributed by atoms with van der Waals surface area (Å²) in [6.07, 6.45) is 0.0501. The normalized spacial score (nSPS) is 11.5. The summed E-state index contributed by atoms with van der Waals surface area (Å²) >= 11 is 6.10. The Hall–Kier alpha value is -1.26. The minimum atomic E-state index is -0.612. The van der Waals surface area contributed by atoms with Gasteiger partial charge in [0.25, 0.3) is 0 Å². The molecule has 3 N–H and O–H groups in total. The average Bonchev–Trinajstić information content (AvgIpc) is 2.32. The van der Waals surface area contributed by atoms with Crippen LogP contribution < -0.4 is 15.8 Å². The van der Waals surface area contributed by atoms with Crippen LogP contribution in [0.4, 0.5) is 5.69 Å². The molecule has 0 saturated carbocycles. The number of halogens is 1. The second-order valence-electron chi connectivity index (χ2n) is 5.35. The lowest BCUT2D eigenvalue weighted by Gasteiger charge is -2.21. The van der Waals surface area contributed by atoms with E-state index in [1.807, 2.05) is 13.8 Å². The van der Waals surface area contributed by atoms with Crippen LogP contribution in [0.25, 0.3) is 0 Å². The van der Waals surface area contributed by atoms with Gasteiger partial charge in [0.2, 0.25) is 5.91 Å². The standard InChI is InChI=1S/C14H21ClN2O2/c1-9(2)19-12-6-5-10(7-11(12)15)17-13(18)14(3,4)8-16/h5-7,9H,8,16H2,1-4H3,(H,17,18). The molecule has 0 aromatic heterocycles. The summed E-state index contributed by atoms with van der Waals surface area (Å²) in [5, 5.41) is 3.27. The van der Waals surface area contributed by atoms with Crippen LogP contribution in [0.5, 0.6) is 5.75 Å². The summed E-state index contributed by atoms with van der Waals surface area (Å²) in [6, 6.07) is 5.17. The molecule has 0 unspecified atom stereocenters. The topological polar surface area (TPSA) is 64.3 Å². The summed E-state index contributed by atoms with van der Waals surface area (Å²) in [6.45, 7) is 7.72. The van der Waals surface area contributed by atoms with Gasteiger partial charge in [0.05, 0.1) is 16.5 Å². The summed E-state index contributed by atoms with van der Waals surface area (Å²) in [7, 11) is 0. The van der Waals surface area contributed by atoms with Gasteiger partial charge in [0.15, 0.2) is 0 Å². The third kappa shape index (κ3) is 4.40. The molecule has 0 heterocycles. The fourth-order valence-electron chi connectivity index (χ4n) is 1.32. The van der Waals surface area contributed by atoms with Gasteiger partial charge in [-0.2, -0.15) is 0 Å². The monoisotopic (exact) mass is 284 g/mol. The number of hydrogen-bond acceptors (Lipinski definition) is 3. The van der Waals surface area contributed by atoms with E-state index in [0.717, 1.165) is 0 Å². The summed E-state index contributed by atoms with van der Waals surface area (Å²) in [4.78, 5) is 12.0. The van der Waals surface area contributed by atoms with Gasteiger partial charge in [-0.05, 0) is 45.9 Å². The Labute approximate surface area is 119 Å². The number of amides is 1. The summed E-state index contributed by atoms with van der Waals surface area (Å²) in [5.41, 5.74) is 5.58. The minimum absolute atomic E-state index is 0.0501. The lowest BCUT2D eigenvalue weighted by molar-refractivity contribution is -0.123. The SMILES string of the molecule is CC(C)Oc1ccc(NC(=O)C(C)(C)CN)cc1Cl. The van der Waals surface area contributed by atoms with Crippen LogP contribution in [-0.4, -0.2) is 18.6 Å². The van der Waals surface area contributed by atoms with E-state index in [0.29, 0.717) is 16.5 Å². The van der Waals surface area contributed by atoms with Crippen molar-refractivity contribution in [3.05, 3.63) is 23.2 Å². The van der Waals surface area contributed by atoms with Crippen LogP contribution in [0.1, 0.15) is 27.7 Å². The summed E-state index contributed by atoms with van der Waals surface area (Å²) in [5.74, 6) is 0.469. The molecular weight excluding hydrogens is 264 g/mol. The molecule has 5 heteroatoms. The van der Waals surface area contributed by atoms with Crippen LogP contribution in [0.15, 0.2) is 18.2 Å². The number of carbonyl (C=O) groups is 1. The predicted molar refractivity (Wildman–Crippen MR) is 78.7 cm³/mol. The Kier molecular flexibility index (Phi) is 5.20. The Morgan fingerprint density at radius 1 is 1.47 bits per heavy atom. The molecule has 1 aromatic carbocycles. The predicted octanol–water partition coefficient (Wildman–Crippen LogP) is 3.05. The fraction of sp³-hybridized carbons (Fsp3) is 0.500. The number of anilines is 1. The molecule has 1 amide bonds. The highest BCUT2D eigenvalue weighted by Gasteiger charge is 2.25. The van der Waals surface area contributed by atoms with E-state index < -0.39 is 5.41 Å². The highest BCUT2D eigenvalue weighted by atomic mass is 35.5. The van der Waals surface area contributed by atoms with Gasteiger partial charge in [-0.15, -0.1) is 0 Å². The van der Waals surface area contributed by atoms with Gasteiger partial charge in [-0.25, -0.2) is 0 Å². The van der Waals surface area contributed by atoms with Crippen molar-refractivity contribution in [2.24, 2.45) is 11.1 Å². The molecule has 106 valence electrons. The molecule has 0 bridgehead atoms. The Balaban J connectivity index is 2.82. The third-order valence-electron chi connectivity index (χ3n) is 2.68. The first kappa shape index (κ1) is 15.8. The van der Waals surface area contributed by atoms with E-state index >= 15 is 0 Å². The van der Waals surface area contributed by atoms with Gasteiger partial charge in [0.1, 0.15) is 5.75 Å². The van der Waals surface area contributed by atoms with Crippen LogP contribution in [0.2, 0.25) is 5.02 Å². The van der Waals surface area contributed by atoms with Crippen molar-refractivity contribution in [1.29, 1.82) is 0 Å². The summed E-state index contributed by atoms with van der Waals surface area (Å²) < 4.78 is 5.53. The smallest absolute Gasteiger partial charge is 0.231 e. The molecule has 0 atom stereocenters. The molecule has 19 heavy (non-hydrogen) atoms. The maximum absolute atomic E-state index is 12.0. The van der Waals surface area contributed by atoms with E-state index in [2.05, 4.69) is 5.32 Å². The molecule has 0 aliphatic heterocycles. The number of nitrogens with one attached hydrogen (secondary N) is 1. The lowest BCUT2D eigenvalue weighted by atomic mass is 9.92. The lowest BCUT2D eigenvalue weighted by Crippen LogP contribution is -2.37. The van der Waals surface area contributed by atoms with Crippen LogP contribution in [0, 0.1) is 5.41 Å². The Bertz CT molecular complexity index is 459. The second kappa shape index (κ2) is 6.26. The van der Waals surface area contributed by atoms with E-state index in [9.17, 15) is 4.79 Å². The first-order valence-electron chi connectivity index (χ1n) is 6.24. The quantitative estimate of drug-likeness (QED) is 0.873. The molecule has 1 aromatic rings. The minimum Gasteiger partial charge on any atom is -0.489 e. The zero-order chi connectivity index (χ0) is 14.6. The molecule has 1 rings (SSSR count). The van der Waals surface area contributed by atoms with Crippen molar-refractivity contribution in [1.82, 2.24) is 0 Å². The van der Waals surface area contributed by atoms with Crippen molar-refractivity contribution in [2.45, 2.75) is 33.8 Å².